The molecule has 7 nitrogen and oxygen atoms in total. The van der Waals surface area contributed by atoms with Crippen LogP contribution in [0.3, 0.4) is 0 Å². The van der Waals surface area contributed by atoms with E-state index in [0.29, 0.717) is 24.5 Å². The van der Waals surface area contributed by atoms with Crippen LogP contribution in [-0.2, 0) is 0 Å². The van der Waals surface area contributed by atoms with Crippen LogP contribution < -0.4 is 5.32 Å². The van der Waals surface area contributed by atoms with Crippen molar-refractivity contribution in [2.75, 3.05) is 18.4 Å². The van der Waals surface area contributed by atoms with Gasteiger partial charge in [0, 0.05) is 31.4 Å². The first kappa shape index (κ1) is 15.0. The number of carbonyl (C=O) groups is 1. The Labute approximate surface area is 133 Å². The summed E-state index contributed by atoms with van der Waals surface area (Å²) in [7, 11) is 0. The van der Waals surface area contributed by atoms with Crippen LogP contribution in [-0.4, -0.2) is 39.8 Å². The van der Waals surface area contributed by atoms with Gasteiger partial charge in [0.15, 0.2) is 0 Å². The summed E-state index contributed by atoms with van der Waals surface area (Å²) >= 11 is 0. The number of anilines is 1. The zero-order valence-electron chi connectivity index (χ0n) is 12.4. The highest BCUT2D eigenvalue weighted by Crippen LogP contribution is 2.26. The van der Waals surface area contributed by atoms with Crippen LogP contribution >= 0.6 is 0 Å². The first-order chi connectivity index (χ1) is 11.1. The van der Waals surface area contributed by atoms with Crippen LogP contribution in [0.1, 0.15) is 16.9 Å². The van der Waals surface area contributed by atoms with Crippen molar-refractivity contribution in [2.45, 2.75) is 12.5 Å². The average molecular weight is 312 g/mol. The van der Waals surface area contributed by atoms with Crippen LogP contribution in [0.5, 0.6) is 0 Å². The first-order valence-corrected chi connectivity index (χ1v) is 7.35. The average Bonchev–Trinajstić information content (AvgIpc) is 3.04. The maximum Gasteiger partial charge on any atom is 0.292 e. The van der Waals surface area contributed by atoms with Crippen molar-refractivity contribution in [2.24, 2.45) is 0 Å². The lowest BCUT2D eigenvalue weighted by molar-refractivity contribution is -0.384. The summed E-state index contributed by atoms with van der Waals surface area (Å²) < 4.78 is 0. The highest BCUT2D eigenvalue weighted by Gasteiger charge is 2.28. The number of rotatable bonds is 4. The summed E-state index contributed by atoms with van der Waals surface area (Å²) in [6.07, 6.45) is 2.33. The minimum absolute atomic E-state index is 0.0104. The van der Waals surface area contributed by atoms with Crippen LogP contribution in [0.15, 0.2) is 48.7 Å². The molecule has 0 radical (unpaired) electrons. The third kappa shape index (κ3) is 3.28. The van der Waals surface area contributed by atoms with Crippen LogP contribution in [0, 0.1) is 10.1 Å². The molecule has 1 aromatic heterocycles. The largest absolute Gasteiger partial charge is 0.375 e. The molecule has 0 spiro atoms. The van der Waals surface area contributed by atoms with Gasteiger partial charge in [-0.15, -0.1) is 0 Å². The Morgan fingerprint density at radius 2 is 2.04 bits per heavy atom. The Bertz CT molecular complexity index is 720. The maximum atomic E-state index is 12.3. The second-order valence-corrected chi connectivity index (χ2v) is 5.37. The second-order valence-electron chi connectivity index (χ2n) is 5.37. The third-order valence-corrected chi connectivity index (χ3v) is 3.82. The number of pyridine rings is 1. The molecule has 2 aromatic rings. The summed E-state index contributed by atoms with van der Waals surface area (Å²) in [5.74, 6) is -0.113. The number of nitro benzene ring substituents is 1. The molecule has 1 aliphatic rings. The molecule has 3 rings (SSSR count). The lowest BCUT2D eigenvalue weighted by Crippen LogP contribution is -2.32. The summed E-state index contributed by atoms with van der Waals surface area (Å²) in [4.78, 5) is 28.8. The van der Waals surface area contributed by atoms with Gasteiger partial charge < -0.3 is 10.2 Å². The molecule has 7 heteroatoms. The molecule has 1 N–H and O–H groups in total. The molecule has 1 amide bonds. The quantitative estimate of drug-likeness (QED) is 0.691. The van der Waals surface area contributed by atoms with Crippen molar-refractivity contribution in [1.29, 1.82) is 0 Å². The van der Waals surface area contributed by atoms with Crippen molar-refractivity contribution in [1.82, 2.24) is 9.88 Å². The molecule has 1 saturated heterocycles. The number of hydrogen-bond donors (Lipinski definition) is 1. The van der Waals surface area contributed by atoms with E-state index in [-0.39, 0.29) is 17.6 Å². The van der Waals surface area contributed by atoms with E-state index < -0.39 is 4.92 Å². The SMILES string of the molecule is O=C(c1ccccn1)N1CCC(Nc2ccccc2[N+](=O)[O-])C1. The van der Waals surface area contributed by atoms with Gasteiger partial charge in [0.1, 0.15) is 11.4 Å². The number of nitrogens with zero attached hydrogens (tertiary/aromatic N) is 3. The number of likely N-dealkylation sites (tertiary alicyclic amines) is 1. The molecular weight excluding hydrogens is 296 g/mol. The number of para-hydroxylation sites is 2. The number of nitrogens with one attached hydrogen (secondary N) is 1. The van der Waals surface area contributed by atoms with E-state index in [1.807, 2.05) is 0 Å². The lowest BCUT2D eigenvalue weighted by Gasteiger charge is -2.17. The van der Waals surface area contributed by atoms with Gasteiger partial charge in [-0.2, -0.15) is 0 Å². The van der Waals surface area contributed by atoms with E-state index in [1.165, 1.54) is 6.07 Å². The summed E-state index contributed by atoms with van der Waals surface area (Å²) in [6.45, 7) is 1.11. The topological polar surface area (TPSA) is 88.4 Å². The van der Waals surface area contributed by atoms with Crippen molar-refractivity contribution in [3.05, 3.63) is 64.5 Å². The standard InChI is InChI=1S/C16H16N4O3/c21-16(14-6-3-4-9-17-14)19-10-8-12(11-19)18-13-5-1-2-7-15(13)20(22)23/h1-7,9,12,18H,8,10-11H2. The van der Waals surface area contributed by atoms with E-state index in [2.05, 4.69) is 10.3 Å². The normalized spacial score (nSPS) is 17.0. The molecule has 1 aromatic carbocycles. The lowest BCUT2D eigenvalue weighted by atomic mass is 10.2. The first-order valence-electron chi connectivity index (χ1n) is 7.35. The zero-order valence-corrected chi connectivity index (χ0v) is 12.4. The van der Waals surface area contributed by atoms with Crippen molar-refractivity contribution in [3.8, 4) is 0 Å². The Morgan fingerprint density at radius 1 is 1.26 bits per heavy atom. The monoisotopic (exact) mass is 312 g/mol. The number of aromatic nitrogens is 1. The minimum atomic E-state index is -0.409. The van der Waals surface area contributed by atoms with Crippen LogP contribution in [0.25, 0.3) is 0 Å². The molecule has 1 unspecified atom stereocenters. The van der Waals surface area contributed by atoms with Gasteiger partial charge in [-0.1, -0.05) is 18.2 Å². The summed E-state index contributed by atoms with van der Waals surface area (Å²) in [5.41, 5.74) is 0.940. The Morgan fingerprint density at radius 3 is 2.78 bits per heavy atom. The fourth-order valence-corrected chi connectivity index (χ4v) is 2.69. The highest BCUT2D eigenvalue weighted by atomic mass is 16.6. The zero-order chi connectivity index (χ0) is 16.2. The van der Waals surface area contributed by atoms with Gasteiger partial charge in [0.05, 0.1) is 4.92 Å². The van der Waals surface area contributed by atoms with Gasteiger partial charge >= 0.3 is 0 Å². The molecule has 118 valence electrons. The van der Waals surface area contributed by atoms with Crippen LogP contribution in [0.2, 0.25) is 0 Å². The number of benzene rings is 1. The molecule has 0 saturated carbocycles. The van der Waals surface area contributed by atoms with Gasteiger partial charge in [-0.3, -0.25) is 19.9 Å². The molecule has 0 bridgehead atoms. The molecular formula is C16H16N4O3. The van der Waals surface area contributed by atoms with E-state index >= 15 is 0 Å². The Balaban J connectivity index is 1.67. The smallest absolute Gasteiger partial charge is 0.292 e. The van der Waals surface area contributed by atoms with E-state index in [1.54, 1.807) is 47.5 Å². The fraction of sp³-hybridized carbons (Fsp3) is 0.250. The van der Waals surface area contributed by atoms with Crippen molar-refractivity contribution < 1.29 is 9.72 Å². The van der Waals surface area contributed by atoms with Gasteiger partial charge in [-0.25, -0.2) is 0 Å². The Kier molecular flexibility index (Phi) is 4.18. The molecule has 23 heavy (non-hydrogen) atoms. The molecule has 2 heterocycles. The van der Waals surface area contributed by atoms with Gasteiger partial charge in [0.25, 0.3) is 11.6 Å². The molecule has 1 fully saturated rings. The van der Waals surface area contributed by atoms with E-state index in [0.717, 1.165) is 6.42 Å². The van der Waals surface area contributed by atoms with E-state index in [9.17, 15) is 14.9 Å². The predicted molar refractivity (Wildman–Crippen MR) is 85.3 cm³/mol. The predicted octanol–water partition coefficient (Wildman–Crippen LogP) is 2.32. The van der Waals surface area contributed by atoms with Crippen molar-refractivity contribution >= 4 is 17.3 Å². The number of carbonyl (C=O) groups excluding carboxylic acids is 1. The number of nitro groups is 1. The summed E-state index contributed by atoms with van der Waals surface area (Å²) in [6, 6.07) is 11.7. The maximum absolute atomic E-state index is 12.3. The molecule has 1 aliphatic heterocycles. The number of hydrogen-bond acceptors (Lipinski definition) is 5. The molecule has 1 atom stereocenters. The highest BCUT2D eigenvalue weighted by molar-refractivity contribution is 5.92. The van der Waals surface area contributed by atoms with Gasteiger partial charge in [0.2, 0.25) is 0 Å². The summed E-state index contributed by atoms with van der Waals surface area (Å²) in [5, 5.41) is 14.2. The minimum Gasteiger partial charge on any atom is -0.375 e. The second kappa shape index (κ2) is 6.43. The molecule has 0 aliphatic carbocycles. The Hall–Kier alpha value is -2.96. The van der Waals surface area contributed by atoms with Gasteiger partial charge in [-0.05, 0) is 24.6 Å². The van der Waals surface area contributed by atoms with Crippen molar-refractivity contribution in [3.63, 3.8) is 0 Å². The van der Waals surface area contributed by atoms with Crippen LogP contribution in [0.4, 0.5) is 11.4 Å². The number of amides is 1. The fourth-order valence-electron chi connectivity index (χ4n) is 2.69. The third-order valence-electron chi connectivity index (χ3n) is 3.82. The van der Waals surface area contributed by atoms with E-state index in [4.69, 9.17) is 0 Å².